The van der Waals surface area contributed by atoms with E-state index >= 15 is 0 Å². The van der Waals surface area contributed by atoms with Crippen LogP contribution in [0.4, 0.5) is 0 Å². The lowest BCUT2D eigenvalue weighted by Gasteiger charge is -2.18. The lowest BCUT2D eigenvalue weighted by atomic mass is 9.91. The molecule has 0 saturated heterocycles. The largest absolute Gasteiger partial charge is 0.464 e. The van der Waals surface area contributed by atoms with E-state index in [1.807, 2.05) is 0 Å². The van der Waals surface area contributed by atoms with Crippen LogP contribution >= 0.6 is 11.6 Å². The second-order valence-corrected chi connectivity index (χ2v) is 3.76. The molecule has 0 fully saturated rings. The molecule has 4 nitrogen and oxygen atoms in total. The number of fused-ring (bicyclic) bond motifs is 1. The first kappa shape index (κ1) is 10.8. The summed E-state index contributed by atoms with van der Waals surface area (Å²) in [5.41, 5.74) is 0.482. The van der Waals surface area contributed by atoms with Crippen LogP contribution < -0.4 is 0 Å². The van der Waals surface area contributed by atoms with Crippen molar-refractivity contribution in [1.82, 2.24) is 0 Å². The normalized spacial score (nSPS) is 23.0. The summed E-state index contributed by atoms with van der Waals surface area (Å²) in [6.07, 6.45) is 6.06. The van der Waals surface area contributed by atoms with E-state index in [4.69, 9.17) is 11.6 Å². The average molecular weight is 238 g/mol. The molecule has 0 aromatic rings. The molecule has 5 heteroatoms. The fourth-order valence-electron chi connectivity index (χ4n) is 1.51. The van der Waals surface area contributed by atoms with Crippen LogP contribution in [0.5, 0.6) is 0 Å². The van der Waals surface area contributed by atoms with Gasteiger partial charge in [0.1, 0.15) is 0 Å². The number of carbonyl (C=O) groups is 2. The van der Waals surface area contributed by atoms with E-state index in [-0.39, 0.29) is 11.5 Å². The molecule has 16 heavy (non-hydrogen) atoms. The fourth-order valence-corrected chi connectivity index (χ4v) is 1.70. The summed E-state index contributed by atoms with van der Waals surface area (Å²) in [5, 5.41) is 0.480. The van der Waals surface area contributed by atoms with Crippen molar-refractivity contribution in [3.05, 3.63) is 35.0 Å². The number of hydrogen-bond donors (Lipinski definition) is 0. The van der Waals surface area contributed by atoms with E-state index in [2.05, 4.69) is 9.73 Å². The Morgan fingerprint density at radius 2 is 2.25 bits per heavy atom. The molecule has 1 unspecified atom stereocenters. The van der Waals surface area contributed by atoms with Crippen molar-refractivity contribution in [3.8, 4) is 0 Å². The molecule has 0 bridgehead atoms. The molecule has 0 aromatic heterocycles. The van der Waals surface area contributed by atoms with Gasteiger partial charge in [-0.2, -0.15) is 0 Å². The lowest BCUT2D eigenvalue weighted by Crippen LogP contribution is -2.26. The summed E-state index contributed by atoms with van der Waals surface area (Å²) >= 11 is 5.79. The Labute approximate surface area is 96.9 Å². The number of methoxy groups -OCH3 is 1. The molecular weight excluding hydrogens is 230 g/mol. The minimum absolute atomic E-state index is 0.00904. The molecule has 0 aromatic carbocycles. The van der Waals surface area contributed by atoms with Crippen LogP contribution in [0.2, 0.25) is 0 Å². The van der Waals surface area contributed by atoms with Gasteiger partial charge in [0.25, 0.3) is 0 Å². The summed E-state index contributed by atoms with van der Waals surface area (Å²) < 4.78 is 4.51. The zero-order valence-electron chi connectivity index (χ0n) is 8.44. The first-order valence-corrected chi connectivity index (χ1v) is 4.97. The van der Waals surface area contributed by atoms with Crippen LogP contribution in [0.15, 0.2) is 40.0 Å². The molecular formula is C11H8ClNO3. The van der Waals surface area contributed by atoms with Gasteiger partial charge in [0.05, 0.1) is 18.7 Å². The van der Waals surface area contributed by atoms with Crippen molar-refractivity contribution in [1.29, 1.82) is 0 Å². The lowest BCUT2D eigenvalue weighted by molar-refractivity contribution is -0.136. The molecule has 0 spiro atoms. The van der Waals surface area contributed by atoms with Gasteiger partial charge in [-0.25, -0.2) is 9.79 Å². The van der Waals surface area contributed by atoms with Crippen LogP contribution in [-0.2, 0) is 14.3 Å². The van der Waals surface area contributed by atoms with Gasteiger partial charge in [0, 0.05) is 11.1 Å². The maximum atomic E-state index is 11.7. The van der Waals surface area contributed by atoms with Crippen molar-refractivity contribution in [2.75, 3.05) is 7.11 Å². The van der Waals surface area contributed by atoms with E-state index in [1.165, 1.54) is 13.2 Å². The van der Waals surface area contributed by atoms with Crippen LogP contribution in [0.25, 0.3) is 0 Å². The number of esters is 1. The first-order valence-electron chi connectivity index (χ1n) is 4.59. The van der Waals surface area contributed by atoms with Crippen LogP contribution in [0.1, 0.15) is 0 Å². The number of carbonyl (C=O) groups excluding carboxylic acids is 2. The van der Waals surface area contributed by atoms with Gasteiger partial charge in [-0.1, -0.05) is 17.7 Å². The Hall–Kier alpha value is -1.68. The van der Waals surface area contributed by atoms with Crippen molar-refractivity contribution < 1.29 is 14.3 Å². The molecule has 1 aliphatic carbocycles. The van der Waals surface area contributed by atoms with Crippen molar-refractivity contribution in [2.45, 2.75) is 0 Å². The SMILES string of the molecule is COC(=O)C1=CC(=O)C2C=CC(Cl)=CC2=N1. The summed E-state index contributed by atoms with van der Waals surface area (Å²) in [5.74, 6) is -1.25. The average Bonchev–Trinajstić information content (AvgIpc) is 2.27. The summed E-state index contributed by atoms with van der Waals surface area (Å²) in [6.45, 7) is 0. The molecule has 1 heterocycles. The van der Waals surface area contributed by atoms with Crippen molar-refractivity contribution in [3.63, 3.8) is 0 Å². The summed E-state index contributed by atoms with van der Waals surface area (Å²) in [4.78, 5) is 27.0. The highest BCUT2D eigenvalue weighted by atomic mass is 35.5. The van der Waals surface area contributed by atoms with Crippen LogP contribution in [0.3, 0.4) is 0 Å². The number of rotatable bonds is 1. The Morgan fingerprint density at radius 3 is 2.94 bits per heavy atom. The number of aliphatic imine (C=N–C) groups is 1. The highest BCUT2D eigenvalue weighted by molar-refractivity contribution is 6.35. The minimum atomic E-state index is -0.627. The minimum Gasteiger partial charge on any atom is -0.464 e. The maximum absolute atomic E-state index is 11.7. The number of halogens is 1. The molecule has 0 N–H and O–H groups in total. The van der Waals surface area contributed by atoms with Gasteiger partial charge < -0.3 is 4.74 Å². The Balaban J connectivity index is 2.40. The number of ether oxygens (including phenoxy) is 1. The number of allylic oxidation sites excluding steroid dienone is 5. The third kappa shape index (κ3) is 1.84. The number of hydrogen-bond acceptors (Lipinski definition) is 4. The van der Waals surface area contributed by atoms with E-state index in [1.54, 1.807) is 18.2 Å². The predicted octanol–water partition coefficient (Wildman–Crippen LogP) is 1.38. The Kier molecular flexibility index (Phi) is 2.75. The van der Waals surface area contributed by atoms with Gasteiger partial charge in [0.15, 0.2) is 11.5 Å². The highest BCUT2D eigenvalue weighted by Crippen LogP contribution is 2.23. The van der Waals surface area contributed by atoms with Gasteiger partial charge in [-0.05, 0) is 12.2 Å². The quantitative estimate of drug-likeness (QED) is 0.648. The fraction of sp³-hybridized carbons (Fsp3) is 0.182. The van der Waals surface area contributed by atoms with Crippen LogP contribution in [0, 0.1) is 5.92 Å². The third-order valence-corrected chi connectivity index (χ3v) is 2.52. The van der Waals surface area contributed by atoms with Crippen LogP contribution in [-0.4, -0.2) is 24.6 Å². The molecule has 2 rings (SSSR count). The zero-order valence-corrected chi connectivity index (χ0v) is 9.19. The molecule has 1 aliphatic heterocycles. The van der Waals surface area contributed by atoms with Gasteiger partial charge >= 0.3 is 5.97 Å². The Morgan fingerprint density at radius 1 is 1.50 bits per heavy atom. The van der Waals surface area contributed by atoms with Gasteiger partial charge in [0.2, 0.25) is 0 Å². The zero-order chi connectivity index (χ0) is 11.7. The second kappa shape index (κ2) is 4.06. The first-order chi connectivity index (χ1) is 7.61. The van der Waals surface area contributed by atoms with E-state index in [0.29, 0.717) is 10.7 Å². The van der Waals surface area contributed by atoms with Gasteiger partial charge in [-0.15, -0.1) is 0 Å². The number of nitrogens with zero attached hydrogens (tertiary/aromatic N) is 1. The van der Waals surface area contributed by atoms with E-state index in [0.717, 1.165) is 0 Å². The monoisotopic (exact) mass is 237 g/mol. The van der Waals surface area contributed by atoms with E-state index in [9.17, 15) is 9.59 Å². The summed E-state index contributed by atoms with van der Waals surface area (Å²) in [7, 11) is 1.24. The van der Waals surface area contributed by atoms with E-state index < -0.39 is 11.9 Å². The topological polar surface area (TPSA) is 55.7 Å². The molecule has 0 amide bonds. The predicted molar refractivity (Wildman–Crippen MR) is 59.1 cm³/mol. The molecule has 0 saturated carbocycles. The highest BCUT2D eigenvalue weighted by Gasteiger charge is 2.28. The molecule has 1 atom stereocenters. The molecule has 82 valence electrons. The number of ketones is 1. The smallest absolute Gasteiger partial charge is 0.356 e. The van der Waals surface area contributed by atoms with Crippen molar-refractivity contribution in [2.24, 2.45) is 10.9 Å². The molecule has 0 radical (unpaired) electrons. The summed E-state index contributed by atoms with van der Waals surface area (Å²) in [6, 6.07) is 0. The third-order valence-electron chi connectivity index (χ3n) is 2.28. The van der Waals surface area contributed by atoms with Gasteiger partial charge in [-0.3, -0.25) is 4.79 Å². The van der Waals surface area contributed by atoms with Crippen molar-refractivity contribution >= 4 is 29.1 Å². The maximum Gasteiger partial charge on any atom is 0.356 e. The Bertz CT molecular complexity index is 485. The standard InChI is InChI=1S/C11H8ClNO3/c1-16-11(15)9-5-10(14)7-3-2-6(12)4-8(7)13-9/h2-5,7H,1H3. The molecule has 2 aliphatic rings. The second-order valence-electron chi connectivity index (χ2n) is 3.33.